The van der Waals surface area contributed by atoms with Gasteiger partial charge in [0.1, 0.15) is 0 Å². The third-order valence-corrected chi connectivity index (χ3v) is 11.2. The highest BCUT2D eigenvalue weighted by Crippen LogP contribution is 2.47. The van der Waals surface area contributed by atoms with Crippen molar-refractivity contribution in [3.63, 3.8) is 0 Å². The zero-order chi connectivity index (χ0) is 33.2. The summed E-state index contributed by atoms with van der Waals surface area (Å²) in [5.41, 5.74) is 10.7. The second kappa shape index (κ2) is 9.87. The first kappa shape index (κ1) is 27.0. The molecular weight excluding hydrogens is 619 g/mol. The van der Waals surface area contributed by atoms with Crippen LogP contribution in [0.5, 0.6) is 0 Å². The van der Waals surface area contributed by atoms with Gasteiger partial charge in [0.15, 0.2) is 0 Å². The summed E-state index contributed by atoms with van der Waals surface area (Å²) in [4.78, 5) is 0. The van der Waals surface area contributed by atoms with Crippen LogP contribution >= 0.6 is 0 Å². The van der Waals surface area contributed by atoms with Gasteiger partial charge >= 0.3 is 0 Å². The van der Waals surface area contributed by atoms with E-state index in [1.807, 2.05) is 0 Å². The topological polar surface area (TPSA) is 14.8 Å². The quantitative estimate of drug-likeness (QED) is 0.170. The van der Waals surface area contributed by atoms with E-state index in [0.29, 0.717) is 0 Å². The summed E-state index contributed by atoms with van der Waals surface area (Å²) in [5.74, 6) is 0. The predicted octanol–water partition coefficient (Wildman–Crippen LogP) is 12.7. The van der Waals surface area contributed by atoms with E-state index in [2.05, 4.69) is 190 Å². The maximum atomic E-state index is 2.53. The van der Waals surface area contributed by atoms with Crippen LogP contribution in [0.15, 0.2) is 176 Å². The highest BCUT2D eigenvalue weighted by Gasteiger charge is 2.25. The highest BCUT2D eigenvalue weighted by molar-refractivity contribution is 6.35. The Kier molecular flexibility index (Phi) is 5.23. The Morgan fingerprint density at radius 2 is 0.569 bits per heavy atom. The third-order valence-electron chi connectivity index (χ3n) is 11.2. The van der Waals surface area contributed by atoms with E-state index in [4.69, 9.17) is 0 Å². The SMILES string of the molecule is c1ccc(-n2c3ccc4c5c3c3c2cccc3n(-c2ccc3c6ccccc6c6ccccc6c3c2)c2cccc(c52)n4-c2ccccc2)cc1. The van der Waals surface area contributed by atoms with Gasteiger partial charge in [-0.2, -0.15) is 0 Å². The molecule has 0 unspecified atom stereocenters. The van der Waals surface area contributed by atoms with E-state index in [1.165, 1.54) is 87.0 Å². The number of benzene rings is 9. The van der Waals surface area contributed by atoms with Crippen LogP contribution in [0.4, 0.5) is 0 Å². The van der Waals surface area contributed by atoms with Crippen molar-refractivity contribution < 1.29 is 0 Å². The number of fused-ring (bicyclic) bond motifs is 6. The monoisotopic (exact) mass is 647 g/mol. The van der Waals surface area contributed by atoms with Gasteiger partial charge in [-0.1, -0.05) is 103 Å². The molecule has 0 aliphatic carbocycles. The van der Waals surface area contributed by atoms with Crippen LogP contribution in [0.3, 0.4) is 0 Å². The predicted molar refractivity (Wildman–Crippen MR) is 216 cm³/mol. The van der Waals surface area contributed by atoms with E-state index in [1.54, 1.807) is 0 Å². The first-order chi connectivity index (χ1) is 25.3. The maximum absolute atomic E-state index is 2.53. The second-order valence-corrected chi connectivity index (χ2v) is 13.7. The number of para-hydroxylation sites is 2. The third kappa shape index (κ3) is 3.47. The summed E-state index contributed by atoms with van der Waals surface area (Å²) in [6.07, 6.45) is 0. The number of rotatable bonds is 3. The Morgan fingerprint density at radius 3 is 1.02 bits per heavy atom. The van der Waals surface area contributed by atoms with Crippen molar-refractivity contribution in [2.45, 2.75) is 0 Å². The molecule has 0 bridgehead atoms. The minimum absolute atomic E-state index is 1.15. The second-order valence-electron chi connectivity index (χ2n) is 13.7. The summed E-state index contributed by atoms with van der Waals surface area (Å²) in [7, 11) is 0. The summed E-state index contributed by atoms with van der Waals surface area (Å²) in [5, 5.41) is 12.8. The molecule has 0 aliphatic heterocycles. The molecule has 0 N–H and O–H groups in total. The highest BCUT2D eigenvalue weighted by atomic mass is 15.0. The Morgan fingerprint density at radius 1 is 0.216 bits per heavy atom. The summed E-state index contributed by atoms with van der Waals surface area (Å²) in [6, 6.07) is 64.7. The molecule has 0 aliphatic rings. The number of aromatic nitrogens is 3. The van der Waals surface area contributed by atoms with Crippen LogP contribution in [0.2, 0.25) is 0 Å². The molecule has 9 aromatic carbocycles. The van der Waals surface area contributed by atoms with Crippen molar-refractivity contribution in [3.05, 3.63) is 176 Å². The van der Waals surface area contributed by atoms with Crippen LogP contribution in [-0.4, -0.2) is 13.7 Å². The summed E-state index contributed by atoms with van der Waals surface area (Å²) >= 11 is 0. The van der Waals surface area contributed by atoms with Gasteiger partial charge in [-0.05, 0) is 105 Å². The molecular formula is C48H29N3. The van der Waals surface area contributed by atoms with Gasteiger partial charge in [0.2, 0.25) is 0 Å². The fourth-order valence-corrected chi connectivity index (χ4v) is 9.19. The van der Waals surface area contributed by atoms with Crippen molar-refractivity contribution >= 4 is 87.0 Å². The van der Waals surface area contributed by atoms with Crippen molar-refractivity contribution in [3.8, 4) is 17.1 Å². The summed E-state index contributed by atoms with van der Waals surface area (Å²) < 4.78 is 7.43. The van der Waals surface area contributed by atoms with Gasteiger partial charge in [-0.25, -0.2) is 0 Å². The van der Waals surface area contributed by atoms with E-state index in [9.17, 15) is 0 Å². The molecule has 12 rings (SSSR count). The van der Waals surface area contributed by atoms with Gasteiger partial charge in [0.25, 0.3) is 0 Å². The van der Waals surface area contributed by atoms with Gasteiger partial charge in [0.05, 0.1) is 33.1 Å². The number of nitrogens with zero attached hydrogens (tertiary/aromatic N) is 3. The maximum Gasteiger partial charge on any atom is 0.0562 e. The molecule has 3 nitrogen and oxygen atoms in total. The van der Waals surface area contributed by atoms with Crippen LogP contribution in [0.1, 0.15) is 0 Å². The molecule has 0 saturated carbocycles. The largest absolute Gasteiger partial charge is 0.309 e. The normalized spacial score (nSPS) is 12.3. The van der Waals surface area contributed by atoms with Crippen LogP contribution < -0.4 is 0 Å². The minimum Gasteiger partial charge on any atom is -0.309 e. The van der Waals surface area contributed by atoms with Gasteiger partial charge in [-0.3, -0.25) is 0 Å². The average Bonchev–Trinajstić information content (AvgIpc) is 3.68. The first-order valence-corrected chi connectivity index (χ1v) is 17.6. The molecule has 12 aromatic rings. The molecule has 0 fully saturated rings. The van der Waals surface area contributed by atoms with Gasteiger partial charge in [-0.15, -0.1) is 0 Å². The zero-order valence-electron chi connectivity index (χ0n) is 27.6. The molecule has 3 heteroatoms. The van der Waals surface area contributed by atoms with Crippen LogP contribution in [0.25, 0.3) is 104 Å². The lowest BCUT2D eigenvalue weighted by Crippen LogP contribution is -1.99. The lowest BCUT2D eigenvalue weighted by molar-refractivity contribution is 1.16. The van der Waals surface area contributed by atoms with Crippen LogP contribution in [0, 0.1) is 0 Å². The van der Waals surface area contributed by atoms with Gasteiger partial charge in [0, 0.05) is 38.6 Å². The van der Waals surface area contributed by atoms with Crippen molar-refractivity contribution in [2.24, 2.45) is 0 Å². The Labute approximate surface area is 292 Å². The molecule has 0 atom stereocenters. The zero-order valence-corrected chi connectivity index (χ0v) is 27.6. The Hall–Kier alpha value is -6.84. The van der Waals surface area contributed by atoms with Crippen molar-refractivity contribution in [1.82, 2.24) is 13.7 Å². The van der Waals surface area contributed by atoms with E-state index < -0.39 is 0 Å². The van der Waals surface area contributed by atoms with E-state index in [0.717, 1.165) is 17.1 Å². The lowest BCUT2D eigenvalue weighted by Gasteiger charge is -2.16. The minimum atomic E-state index is 1.15. The van der Waals surface area contributed by atoms with Crippen LogP contribution in [-0.2, 0) is 0 Å². The fourth-order valence-electron chi connectivity index (χ4n) is 9.19. The molecule has 0 saturated heterocycles. The molecule has 3 heterocycles. The van der Waals surface area contributed by atoms with E-state index >= 15 is 0 Å². The Bertz CT molecular complexity index is 3160. The average molecular weight is 648 g/mol. The fraction of sp³-hybridized carbons (Fsp3) is 0. The lowest BCUT2D eigenvalue weighted by atomic mass is 9.94. The molecule has 3 aromatic heterocycles. The number of hydrogen-bond acceptors (Lipinski definition) is 0. The molecule has 0 amide bonds. The molecule has 0 spiro atoms. The molecule has 51 heavy (non-hydrogen) atoms. The van der Waals surface area contributed by atoms with Crippen molar-refractivity contribution in [2.75, 3.05) is 0 Å². The standard InChI is InChI=1S/C48H29N3/c1-3-13-30(14-4-1)49-39-21-11-23-41-45(39)47-43(49)27-28-44-48(47)46-40(50(44)31-15-5-2-6-16-31)22-12-24-42(46)51(41)32-25-26-37-35-19-8-7-17-33(35)34-18-9-10-20-36(34)38(37)29-32/h1-29H. The van der Waals surface area contributed by atoms with Crippen molar-refractivity contribution in [1.29, 1.82) is 0 Å². The Balaban J connectivity index is 1.33. The molecule has 0 radical (unpaired) electrons. The van der Waals surface area contributed by atoms with Gasteiger partial charge < -0.3 is 13.7 Å². The van der Waals surface area contributed by atoms with E-state index in [-0.39, 0.29) is 0 Å². The number of hydrogen-bond donors (Lipinski definition) is 0. The molecule has 236 valence electrons. The smallest absolute Gasteiger partial charge is 0.0562 e. The summed E-state index contributed by atoms with van der Waals surface area (Å²) in [6.45, 7) is 0. The first-order valence-electron chi connectivity index (χ1n) is 17.6.